The molecule has 0 saturated carbocycles. The van der Waals surface area contributed by atoms with Crippen molar-refractivity contribution >= 4 is 11.8 Å². The van der Waals surface area contributed by atoms with Crippen LogP contribution in [0.1, 0.15) is 23.1 Å². The molecule has 82 valence electrons. The Kier molecular flexibility index (Phi) is 3.78. The van der Waals surface area contributed by atoms with Gasteiger partial charge in [-0.2, -0.15) is 0 Å². The number of nitrogens with one attached hydrogen (secondary N) is 2. The van der Waals surface area contributed by atoms with Crippen LogP contribution < -0.4 is 10.6 Å². The fourth-order valence-corrected chi connectivity index (χ4v) is 0.936. The summed E-state index contributed by atoms with van der Waals surface area (Å²) in [6.45, 7) is 3.75. The van der Waals surface area contributed by atoms with Crippen LogP contribution in [0.4, 0.5) is 0 Å². The number of nitrogens with zero attached hydrogens (tertiary/aromatic N) is 2. The van der Waals surface area contributed by atoms with E-state index in [1.807, 2.05) is 0 Å². The van der Waals surface area contributed by atoms with Gasteiger partial charge in [-0.05, 0) is 12.1 Å². The monoisotopic (exact) mass is 212 g/mol. The van der Waals surface area contributed by atoms with Crippen molar-refractivity contribution in [3.8, 4) is 0 Å². The molecule has 0 spiro atoms. The summed E-state index contributed by atoms with van der Waals surface area (Å²) in [5.41, 5.74) is 0.602. The Bertz CT molecular complexity index is 361. The number of rotatable bonds is 4. The first kappa shape index (κ1) is 11.2. The molecule has 0 aromatic carbocycles. The number of hydrogen-bond acceptors (Lipinski definition) is 5. The van der Waals surface area contributed by atoms with Crippen LogP contribution in [0.2, 0.25) is 0 Å². The van der Waals surface area contributed by atoms with Gasteiger partial charge in [-0.25, -0.2) is 4.63 Å². The van der Waals surface area contributed by atoms with Gasteiger partial charge in [0.05, 0.1) is 0 Å². The average molecular weight is 212 g/mol. The third kappa shape index (κ3) is 3.37. The highest BCUT2D eigenvalue weighted by atomic mass is 16.6. The van der Waals surface area contributed by atoms with Crippen LogP contribution in [0.15, 0.2) is 4.63 Å². The van der Waals surface area contributed by atoms with Gasteiger partial charge < -0.3 is 10.6 Å². The van der Waals surface area contributed by atoms with Crippen molar-refractivity contribution in [3.63, 3.8) is 0 Å². The van der Waals surface area contributed by atoms with Crippen molar-refractivity contribution in [1.29, 1.82) is 0 Å². The smallest absolute Gasteiger partial charge is 0.275 e. The molecule has 0 saturated heterocycles. The second-order valence-corrected chi connectivity index (χ2v) is 2.94. The van der Waals surface area contributed by atoms with E-state index in [-0.39, 0.29) is 17.5 Å². The Morgan fingerprint density at radius 2 is 1.93 bits per heavy atom. The van der Waals surface area contributed by atoms with Crippen molar-refractivity contribution < 1.29 is 14.2 Å². The van der Waals surface area contributed by atoms with Gasteiger partial charge in [0.25, 0.3) is 5.91 Å². The van der Waals surface area contributed by atoms with E-state index in [0.717, 1.165) is 0 Å². The lowest BCUT2D eigenvalue weighted by Crippen LogP contribution is -2.34. The van der Waals surface area contributed by atoms with E-state index in [0.29, 0.717) is 18.8 Å². The highest BCUT2D eigenvalue weighted by Gasteiger charge is 2.13. The Morgan fingerprint density at radius 1 is 1.27 bits per heavy atom. The van der Waals surface area contributed by atoms with E-state index in [1.54, 1.807) is 6.92 Å². The predicted molar refractivity (Wildman–Crippen MR) is 50.1 cm³/mol. The van der Waals surface area contributed by atoms with Crippen molar-refractivity contribution in [2.45, 2.75) is 13.8 Å². The molecule has 2 N–H and O–H groups in total. The molecule has 2 amide bonds. The summed E-state index contributed by atoms with van der Waals surface area (Å²) in [6.07, 6.45) is 0. The molecular formula is C8H12N4O3. The zero-order valence-corrected chi connectivity index (χ0v) is 8.53. The summed E-state index contributed by atoms with van der Waals surface area (Å²) in [5, 5.41) is 12.0. The Hall–Kier alpha value is -1.92. The molecule has 7 heteroatoms. The molecule has 0 bridgehead atoms. The fourth-order valence-electron chi connectivity index (χ4n) is 0.936. The Morgan fingerprint density at radius 3 is 2.47 bits per heavy atom. The summed E-state index contributed by atoms with van der Waals surface area (Å²) >= 11 is 0. The van der Waals surface area contributed by atoms with Gasteiger partial charge in [0.2, 0.25) is 5.91 Å². The van der Waals surface area contributed by atoms with E-state index >= 15 is 0 Å². The molecule has 1 rings (SSSR count). The summed E-state index contributed by atoms with van der Waals surface area (Å²) in [6, 6.07) is 0. The topological polar surface area (TPSA) is 97.1 Å². The van der Waals surface area contributed by atoms with Crippen LogP contribution in [0, 0.1) is 6.92 Å². The summed E-state index contributed by atoms with van der Waals surface area (Å²) < 4.78 is 4.38. The van der Waals surface area contributed by atoms with Gasteiger partial charge in [-0.15, -0.1) is 0 Å². The summed E-state index contributed by atoms with van der Waals surface area (Å²) in [7, 11) is 0. The van der Waals surface area contributed by atoms with Crippen LogP contribution >= 0.6 is 0 Å². The SMILES string of the molecule is CC(=O)NCCNC(=O)c1nonc1C. The molecule has 0 aliphatic heterocycles. The van der Waals surface area contributed by atoms with E-state index in [4.69, 9.17) is 0 Å². The number of aryl methyl sites for hydroxylation is 1. The van der Waals surface area contributed by atoms with Crippen molar-refractivity contribution in [2.75, 3.05) is 13.1 Å². The Labute approximate surface area is 86.2 Å². The molecule has 0 radical (unpaired) electrons. The molecule has 0 aliphatic carbocycles. The average Bonchev–Trinajstić information content (AvgIpc) is 2.58. The molecule has 1 heterocycles. The number of aromatic nitrogens is 2. The molecule has 0 fully saturated rings. The highest BCUT2D eigenvalue weighted by molar-refractivity contribution is 5.92. The minimum atomic E-state index is -0.362. The lowest BCUT2D eigenvalue weighted by atomic mass is 10.3. The van der Waals surface area contributed by atoms with Crippen molar-refractivity contribution in [2.24, 2.45) is 0 Å². The van der Waals surface area contributed by atoms with E-state index in [2.05, 4.69) is 25.6 Å². The zero-order valence-electron chi connectivity index (χ0n) is 8.53. The Balaban J connectivity index is 2.31. The fraction of sp³-hybridized carbons (Fsp3) is 0.500. The van der Waals surface area contributed by atoms with E-state index in [1.165, 1.54) is 6.92 Å². The largest absolute Gasteiger partial charge is 0.355 e. The summed E-state index contributed by atoms with van der Waals surface area (Å²) in [5.74, 6) is -0.498. The second-order valence-electron chi connectivity index (χ2n) is 2.94. The molecule has 0 atom stereocenters. The first-order valence-corrected chi connectivity index (χ1v) is 4.43. The normalized spacial score (nSPS) is 9.73. The maximum absolute atomic E-state index is 11.4. The minimum Gasteiger partial charge on any atom is -0.355 e. The second kappa shape index (κ2) is 5.08. The maximum atomic E-state index is 11.4. The number of amides is 2. The molecule has 15 heavy (non-hydrogen) atoms. The standard InChI is InChI=1S/C8H12N4O3/c1-5-7(12-15-11-5)8(14)10-4-3-9-6(2)13/h3-4H2,1-2H3,(H,9,13)(H,10,14). The van der Waals surface area contributed by atoms with Crippen LogP contribution in [0.25, 0.3) is 0 Å². The lowest BCUT2D eigenvalue weighted by Gasteiger charge is -2.03. The van der Waals surface area contributed by atoms with Gasteiger partial charge in [0.15, 0.2) is 5.69 Å². The van der Waals surface area contributed by atoms with E-state index < -0.39 is 0 Å². The number of carbonyl (C=O) groups excluding carboxylic acids is 2. The summed E-state index contributed by atoms with van der Waals surface area (Å²) in [4.78, 5) is 21.9. The van der Waals surface area contributed by atoms with Crippen molar-refractivity contribution in [1.82, 2.24) is 20.9 Å². The number of carbonyl (C=O) groups is 2. The third-order valence-electron chi connectivity index (χ3n) is 1.65. The van der Waals surface area contributed by atoms with Gasteiger partial charge in [0, 0.05) is 20.0 Å². The predicted octanol–water partition coefficient (Wildman–Crippen LogP) is -0.756. The molecule has 0 aliphatic rings. The van der Waals surface area contributed by atoms with Crippen LogP contribution in [-0.4, -0.2) is 35.2 Å². The molecule has 1 aromatic heterocycles. The maximum Gasteiger partial charge on any atom is 0.275 e. The zero-order chi connectivity index (χ0) is 11.3. The molecule has 0 unspecified atom stereocenters. The third-order valence-corrected chi connectivity index (χ3v) is 1.65. The number of hydrogen-bond donors (Lipinski definition) is 2. The molecule has 1 aromatic rings. The van der Waals surface area contributed by atoms with Crippen LogP contribution in [0.3, 0.4) is 0 Å². The van der Waals surface area contributed by atoms with E-state index in [9.17, 15) is 9.59 Å². The first-order chi connectivity index (χ1) is 7.11. The van der Waals surface area contributed by atoms with Crippen LogP contribution in [0.5, 0.6) is 0 Å². The molecule has 7 nitrogen and oxygen atoms in total. The quantitative estimate of drug-likeness (QED) is 0.639. The lowest BCUT2D eigenvalue weighted by molar-refractivity contribution is -0.118. The minimum absolute atomic E-state index is 0.136. The first-order valence-electron chi connectivity index (χ1n) is 4.43. The van der Waals surface area contributed by atoms with Gasteiger partial charge in [-0.3, -0.25) is 9.59 Å². The van der Waals surface area contributed by atoms with Gasteiger partial charge in [-0.1, -0.05) is 5.16 Å². The van der Waals surface area contributed by atoms with Gasteiger partial charge >= 0.3 is 0 Å². The highest BCUT2D eigenvalue weighted by Crippen LogP contribution is 1.98. The van der Waals surface area contributed by atoms with Crippen LogP contribution in [-0.2, 0) is 4.79 Å². The van der Waals surface area contributed by atoms with Crippen molar-refractivity contribution in [3.05, 3.63) is 11.4 Å². The van der Waals surface area contributed by atoms with Gasteiger partial charge in [0.1, 0.15) is 5.69 Å². The molecular weight excluding hydrogens is 200 g/mol.